The van der Waals surface area contributed by atoms with Crippen LogP contribution in [0.15, 0.2) is 65.8 Å². The molecule has 0 aliphatic rings. The topological polar surface area (TPSA) is 29.3 Å². The molecule has 1 aromatic heterocycles. The number of benzene rings is 2. The first-order valence-electron chi connectivity index (χ1n) is 7.45. The van der Waals surface area contributed by atoms with Gasteiger partial charge in [0.2, 0.25) is 0 Å². The van der Waals surface area contributed by atoms with Crippen LogP contribution in [0.3, 0.4) is 0 Å². The lowest BCUT2D eigenvalue weighted by atomic mass is 10.2. The molecule has 23 heavy (non-hydrogen) atoms. The van der Waals surface area contributed by atoms with Crippen LogP contribution in [-0.4, -0.2) is 10.8 Å². The van der Waals surface area contributed by atoms with Gasteiger partial charge in [-0.2, -0.15) is 5.10 Å². The van der Waals surface area contributed by atoms with Crippen LogP contribution >= 0.6 is 22.6 Å². The number of aryl methyl sites for hydroxylation is 1. The smallest absolute Gasteiger partial charge is 0.0588 e. The van der Waals surface area contributed by atoms with Gasteiger partial charge in [0, 0.05) is 20.5 Å². The molecule has 0 saturated heterocycles. The van der Waals surface area contributed by atoms with Crippen LogP contribution in [-0.2, 0) is 0 Å². The number of aromatic nitrogens is 1. The van der Waals surface area contributed by atoms with Gasteiger partial charge in [0.05, 0.1) is 17.6 Å². The van der Waals surface area contributed by atoms with Crippen molar-refractivity contribution in [3.05, 3.63) is 81.2 Å². The summed E-state index contributed by atoms with van der Waals surface area (Å²) in [4.78, 5) is 0. The number of hydrogen-bond donors (Lipinski definition) is 1. The number of nitrogens with zero attached hydrogens (tertiary/aromatic N) is 2. The van der Waals surface area contributed by atoms with Crippen LogP contribution in [0.25, 0.3) is 5.69 Å². The van der Waals surface area contributed by atoms with Crippen LogP contribution in [0.4, 0.5) is 5.69 Å². The lowest BCUT2D eigenvalue weighted by Crippen LogP contribution is -2.01. The Balaban J connectivity index is 1.88. The number of rotatable bonds is 4. The van der Waals surface area contributed by atoms with E-state index in [-0.39, 0.29) is 0 Å². The zero-order chi connectivity index (χ0) is 16.2. The number of halogens is 1. The summed E-state index contributed by atoms with van der Waals surface area (Å²) in [6.07, 6.45) is 1.88. The standard InChI is InChI=1S/C19H18IN3/c1-14-12-16(13-21-22-17-8-4-3-5-9-17)15(2)23(14)19-11-7-6-10-18(19)20/h3-13,22H,1-2H3/b21-13-. The Morgan fingerprint density at radius 3 is 2.43 bits per heavy atom. The summed E-state index contributed by atoms with van der Waals surface area (Å²) in [6, 6.07) is 20.5. The highest BCUT2D eigenvalue weighted by Gasteiger charge is 2.11. The molecule has 0 atom stereocenters. The van der Waals surface area contributed by atoms with E-state index in [1.54, 1.807) is 0 Å². The molecule has 0 fully saturated rings. The van der Waals surface area contributed by atoms with Gasteiger partial charge in [-0.15, -0.1) is 0 Å². The molecule has 1 heterocycles. The van der Waals surface area contributed by atoms with E-state index in [2.05, 4.69) is 81.9 Å². The van der Waals surface area contributed by atoms with E-state index in [4.69, 9.17) is 0 Å². The normalized spacial score (nSPS) is 11.1. The van der Waals surface area contributed by atoms with Gasteiger partial charge in [-0.3, -0.25) is 5.43 Å². The monoisotopic (exact) mass is 415 g/mol. The van der Waals surface area contributed by atoms with E-state index in [0.717, 1.165) is 11.3 Å². The second-order valence-corrected chi connectivity index (χ2v) is 6.51. The molecule has 0 unspecified atom stereocenters. The highest BCUT2D eigenvalue weighted by Crippen LogP contribution is 2.23. The Kier molecular flexibility index (Phi) is 4.81. The fourth-order valence-corrected chi connectivity index (χ4v) is 3.24. The van der Waals surface area contributed by atoms with Gasteiger partial charge < -0.3 is 4.57 Å². The third-order valence-electron chi connectivity index (χ3n) is 3.73. The van der Waals surface area contributed by atoms with Gasteiger partial charge in [0.25, 0.3) is 0 Å². The Labute approximate surface area is 150 Å². The maximum atomic E-state index is 4.35. The second kappa shape index (κ2) is 7.00. The molecule has 3 rings (SSSR count). The molecule has 1 N–H and O–H groups in total. The molecular formula is C19H18IN3. The second-order valence-electron chi connectivity index (χ2n) is 5.35. The van der Waals surface area contributed by atoms with Crippen molar-refractivity contribution in [3.8, 4) is 5.69 Å². The lowest BCUT2D eigenvalue weighted by Gasteiger charge is -2.11. The Morgan fingerprint density at radius 2 is 1.70 bits per heavy atom. The zero-order valence-corrected chi connectivity index (χ0v) is 15.3. The van der Waals surface area contributed by atoms with Crippen LogP contribution < -0.4 is 5.43 Å². The van der Waals surface area contributed by atoms with Gasteiger partial charge in [-0.1, -0.05) is 30.3 Å². The summed E-state index contributed by atoms with van der Waals surface area (Å²) >= 11 is 2.38. The van der Waals surface area contributed by atoms with E-state index in [1.807, 2.05) is 36.5 Å². The molecule has 0 aliphatic heterocycles. The number of para-hydroxylation sites is 2. The number of hydrogen-bond acceptors (Lipinski definition) is 2. The minimum absolute atomic E-state index is 0.982. The molecular weight excluding hydrogens is 397 g/mol. The van der Waals surface area contributed by atoms with E-state index in [0.29, 0.717) is 0 Å². The van der Waals surface area contributed by atoms with Crippen LogP contribution in [0.5, 0.6) is 0 Å². The molecule has 4 heteroatoms. The first kappa shape index (κ1) is 15.8. The highest BCUT2D eigenvalue weighted by molar-refractivity contribution is 14.1. The molecule has 0 spiro atoms. The van der Waals surface area contributed by atoms with Crippen molar-refractivity contribution < 1.29 is 0 Å². The molecule has 0 amide bonds. The lowest BCUT2D eigenvalue weighted by molar-refractivity contribution is 0.959. The predicted octanol–water partition coefficient (Wildman–Crippen LogP) is 5.14. The molecule has 3 aromatic rings. The Hall–Kier alpha value is -2.08. The number of nitrogens with one attached hydrogen (secondary N) is 1. The molecule has 0 radical (unpaired) electrons. The first-order valence-corrected chi connectivity index (χ1v) is 8.52. The summed E-state index contributed by atoms with van der Waals surface area (Å²) < 4.78 is 3.50. The van der Waals surface area contributed by atoms with E-state index >= 15 is 0 Å². The van der Waals surface area contributed by atoms with Crippen LogP contribution in [0.1, 0.15) is 17.0 Å². The minimum atomic E-state index is 0.982. The third kappa shape index (κ3) is 3.47. The van der Waals surface area contributed by atoms with Crippen molar-refractivity contribution in [2.45, 2.75) is 13.8 Å². The summed E-state index contributed by atoms with van der Waals surface area (Å²) in [5, 5.41) is 4.35. The average Bonchev–Trinajstić information content (AvgIpc) is 2.83. The summed E-state index contributed by atoms with van der Waals surface area (Å²) in [7, 11) is 0. The van der Waals surface area contributed by atoms with Gasteiger partial charge in [-0.05, 0) is 66.8 Å². The van der Waals surface area contributed by atoms with Crippen molar-refractivity contribution in [3.63, 3.8) is 0 Å². The van der Waals surface area contributed by atoms with Crippen molar-refractivity contribution in [1.29, 1.82) is 0 Å². The van der Waals surface area contributed by atoms with Crippen molar-refractivity contribution >= 4 is 34.5 Å². The average molecular weight is 415 g/mol. The summed E-state index contributed by atoms with van der Waals surface area (Å²) in [6.45, 7) is 4.25. The van der Waals surface area contributed by atoms with Crippen LogP contribution in [0, 0.1) is 17.4 Å². The molecule has 3 nitrogen and oxygen atoms in total. The fraction of sp³-hybridized carbons (Fsp3) is 0.105. The maximum absolute atomic E-state index is 4.35. The van der Waals surface area contributed by atoms with E-state index in [1.165, 1.54) is 20.6 Å². The minimum Gasteiger partial charge on any atom is -0.317 e. The summed E-state index contributed by atoms with van der Waals surface area (Å²) in [5.74, 6) is 0. The largest absolute Gasteiger partial charge is 0.317 e. The molecule has 2 aromatic carbocycles. The Morgan fingerprint density at radius 1 is 1.00 bits per heavy atom. The van der Waals surface area contributed by atoms with Gasteiger partial charge in [-0.25, -0.2) is 0 Å². The molecule has 0 bridgehead atoms. The Bertz CT molecular complexity index is 835. The molecule has 116 valence electrons. The quantitative estimate of drug-likeness (QED) is 0.357. The van der Waals surface area contributed by atoms with Crippen LogP contribution in [0.2, 0.25) is 0 Å². The van der Waals surface area contributed by atoms with Crippen molar-refractivity contribution in [2.24, 2.45) is 5.10 Å². The molecule has 0 aliphatic carbocycles. The van der Waals surface area contributed by atoms with Gasteiger partial charge >= 0.3 is 0 Å². The van der Waals surface area contributed by atoms with Gasteiger partial charge in [0.15, 0.2) is 0 Å². The number of anilines is 1. The highest BCUT2D eigenvalue weighted by atomic mass is 127. The van der Waals surface area contributed by atoms with E-state index in [9.17, 15) is 0 Å². The summed E-state index contributed by atoms with van der Waals surface area (Å²) in [5.41, 5.74) is 8.75. The third-order valence-corrected chi connectivity index (χ3v) is 4.65. The fourth-order valence-electron chi connectivity index (χ4n) is 2.61. The number of hydrazone groups is 1. The van der Waals surface area contributed by atoms with Gasteiger partial charge in [0.1, 0.15) is 0 Å². The first-order chi connectivity index (χ1) is 11.2. The predicted molar refractivity (Wildman–Crippen MR) is 106 cm³/mol. The van der Waals surface area contributed by atoms with E-state index < -0.39 is 0 Å². The van der Waals surface area contributed by atoms with Crippen molar-refractivity contribution in [2.75, 3.05) is 5.43 Å². The maximum Gasteiger partial charge on any atom is 0.0588 e. The SMILES string of the molecule is Cc1cc(/C=N\Nc2ccccc2)c(C)n1-c1ccccc1I. The molecule has 0 saturated carbocycles. The van der Waals surface area contributed by atoms with Crippen molar-refractivity contribution in [1.82, 2.24) is 4.57 Å². The zero-order valence-electron chi connectivity index (χ0n) is 13.1.